The fraction of sp³-hybridized carbons (Fsp3) is 0.944. The average Bonchev–Trinajstić information content (AvgIpc) is 2.85. The van der Waals surface area contributed by atoms with Crippen LogP contribution in [0.25, 0.3) is 0 Å². The minimum atomic E-state index is -0.273. The van der Waals surface area contributed by atoms with Gasteiger partial charge >= 0.3 is 6.09 Å². The van der Waals surface area contributed by atoms with Crippen LogP contribution in [-0.4, -0.2) is 68.9 Å². The number of hydrogen-bond donors (Lipinski definition) is 1. The second kappa shape index (κ2) is 10.7. The number of likely N-dealkylation sites (tertiary alicyclic amines) is 1. The lowest BCUT2D eigenvalue weighted by atomic mass is 10.0. The Morgan fingerprint density at radius 2 is 1.68 bits per heavy atom. The molecule has 0 bridgehead atoms. The maximum Gasteiger partial charge on any atom is 0.410 e. The third-order valence-corrected chi connectivity index (χ3v) is 5.73. The van der Waals surface area contributed by atoms with E-state index in [1.165, 1.54) is 18.0 Å². The number of hydrogen-bond acceptors (Lipinski definition) is 5. The van der Waals surface area contributed by atoms with E-state index < -0.39 is 0 Å². The third-order valence-electron chi connectivity index (χ3n) is 5.54. The van der Waals surface area contributed by atoms with Crippen molar-refractivity contribution >= 4 is 15.6 Å². The number of fused-ring (bicyclic) bond motifs is 1. The summed E-state index contributed by atoms with van der Waals surface area (Å²) >= 11 is 0. The summed E-state index contributed by atoms with van der Waals surface area (Å²) < 4.78 is 9.95. The van der Waals surface area contributed by atoms with Crippen LogP contribution in [0.15, 0.2) is 0 Å². The molecular formula is C18H40N3O3P. The zero-order valence-corrected chi connectivity index (χ0v) is 18.6. The number of carbonyl (C=O) groups excluding carboxylic acids is 1. The number of nitrogens with zero attached hydrogens (tertiary/aromatic N) is 2. The molecule has 3 aliphatic rings. The molecule has 1 saturated carbocycles. The van der Waals surface area contributed by atoms with Crippen LogP contribution in [-0.2, 0) is 9.26 Å². The molecule has 2 N–H and O–H groups in total. The number of ether oxygens (including phenoxy) is 1. The van der Waals surface area contributed by atoms with E-state index in [1.807, 2.05) is 27.7 Å². The van der Waals surface area contributed by atoms with Gasteiger partial charge in [0.05, 0.1) is 13.2 Å². The van der Waals surface area contributed by atoms with Crippen LogP contribution < -0.4 is 5.73 Å². The van der Waals surface area contributed by atoms with Gasteiger partial charge in [-0.25, -0.2) is 4.79 Å². The van der Waals surface area contributed by atoms with Gasteiger partial charge in [-0.15, -0.1) is 0 Å². The highest BCUT2D eigenvalue weighted by molar-refractivity contribution is 7.09. The molecule has 3 fully saturated rings. The largest absolute Gasteiger partial charge is 0.443 e. The Morgan fingerprint density at radius 1 is 1.20 bits per heavy atom. The van der Waals surface area contributed by atoms with E-state index in [1.54, 1.807) is 7.05 Å². The number of cyclic esters (lactones) is 1. The zero-order chi connectivity index (χ0) is 19.8. The normalized spacial score (nSPS) is 35.3. The smallest absolute Gasteiger partial charge is 0.410 e. The highest BCUT2D eigenvalue weighted by Crippen LogP contribution is 2.72. The first-order chi connectivity index (χ1) is 11.8. The molecular weight excluding hydrogens is 337 g/mol. The predicted octanol–water partition coefficient (Wildman–Crippen LogP) is 2.83. The van der Waals surface area contributed by atoms with Crippen molar-refractivity contribution in [2.75, 3.05) is 46.9 Å². The van der Waals surface area contributed by atoms with Gasteiger partial charge in [0.15, 0.2) is 0 Å². The highest BCUT2D eigenvalue weighted by atomic mass is 31.0. The molecule has 3 rings (SSSR count). The molecule has 1 aliphatic carbocycles. The van der Waals surface area contributed by atoms with Crippen molar-refractivity contribution in [3.63, 3.8) is 0 Å². The topological polar surface area (TPSA) is 68.0 Å². The number of piperidine rings is 1. The molecule has 7 heteroatoms. The fourth-order valence-electron chi connectivity index (χ4n) is 4.07. The third kappa shape index (κ3) is 5.29. The highest BCUT2D eigenvalue weighted by Gasteiger charge is 2.73. The Balaban J connectivity index is 0.000000396. The molecule has 1 amide bonds. The lowest BCUT2D eigenvalue weighted by molar-refractivity contribution is 0.137. The standard InChI is InChI=1S/C9H18NOP.C5H10N2O2.2C2H6/c1-8-5-10(3)6-9(8,2)7(8)4-11-12;1-7-3-4(2-6)9-5(7)8;2*1-2/h7H,4-6,12H2,1-3H3;4H,2-3,6H2,1H3;2*1-2H3/t7?,8-,9+;;;. The van der Waals surface area contributed by atoms with Gasteiger partial charge in [0.1, 0.15) is 6.10 Å². The zero-order valence-electron chi connectivity index (χ0n) is 17.5. The summed E-state index contributed by atoms with van der Waals surface area (Å²) in [5, 5.41) is 0. The molecule has 2 aliphatic heterocycles. The van der Waals surface area contributed by atoms with Crippen molar-refractivity contribution in [3.8, 4) is 0 Å². The molecule has 0 spiro atoms. The Hall–Kier alpha value is -0.420. The molecule has 6 nitrogen and oxygen atoms in total. The molecule has 3 unspecified atom stereocenters. The summed E-state index contributed by atoms with van der Waals surface area (Å²) in [6.07, 6.45) is -0.368. The second-order valence-corrected chi connectivity index (χ2v) is 7.35. The molecule has 0 aromatic heterocycles. The van der Waals surface area contributed by atoms with Crippen LogP contribution >= 0.6 is 9.47 Å². The van der Waals surface area contributed by atoms with Crippen molar-refractivity contribution in [1.29, 1.82) is 0 Å². The molecule has 0 aromatic carbocycles. The molecule has 0 aromatic rings. The van der Waals surface area contributed by atoms with E-state index in [0.29, 0.717) is 23.9 Å². The quantitative estimate of drug-likeness (QED) is 0.766. The van der Waals surface area contributed by atoms with E-state index >= 15 is 0 Å². The number of rotatable bonds is 3. The van der Waals surface area contributed by atoms with E-state index in [9.17, 15) is 4.79 Å². The van der Waals surface area contributed by atoms with Crippen molar-refractivity contribution < 1.29 is 14.1 Å². The number of amides is 1. The first kappa shape index (κ1) is 24.6. The van der Waals surface area contributed by atoms with Crippen molar-refractivity contribution in [3.05, 3.63) is 0 Å². The first-order valence-electron chi connectivity index (χ1n) is 9.40. The van der Waals surface area contributed by atoms with Gasteiger partial charge in [0, 0.05) is 36.1 Å². The Kier molecular flexibility index (Phi) is 10.5. The Morgan fingerprint density at radius 3 is 1.96 bits per heavy atom. The van der Waals surface area contributed by atoms with Gasteiger partial charge in [0.25, 0.3) is 0 Å². The van der Waals surface area contributed by atoms with Gasteiger partial charge in [-0.3, -0.25) is 0 Å². The SMILES string of the molecule is CC.CC.CN1CC(CN)OC1=O.CN1C[C@@]2(C)C(COP)[C@@]2(C)C1. The van der Waals surface area contributed by atoms with Gasteiger partial charge in [-0.05, 0) is 23.8 Å². The number of nitrogens with two attached hydrogens (primary N) is 1. The number of carbonyl (C=O) groups is 1. The summed E-state index contributed by atoms with van der Waals surface area (Å²) in [6.45, 7) is 17.2. The van der Waals surface area contributed by atoms with Crippen LogP contribution in [0.3, 0.4) is 0 Å². The monoisotopic (exact) mass is 377 g/mol. The van der Waals surface area contributed by atoms with Crippen LogP contribution in [0, 0.1) is 16.7 Å². The van der Waals surface area contributed by atoms with Crippen molar-refractivity contribution in [2.24, 2.45) is 22.5 Å². The lowest BCUT2D eigenvalue weighted by Gasteiger charge is -2.17. The minimum absolute atomic E-state index is 0.0949. The van der Waals surface area contributed by atoms with Crippen LogP contribution in [0.5, 0.6) is 0 Å². The molecule has 2 saturated heterocycles. The lowest BCUT2D eigenvalue weighted by Crippen LogP contribution is -2.24. The summed E-state index contributed by atoms with van der Waals surface area (Å²) in [5.41, 5.74) is 6.31. The van der Waals surface area contributed by atoms with E-state index in [4.69, 9.17) is 15.0 Å². The van der Waals surface area contributed by atoms with Gasteiger partial charge in [-0.1, -0.05) is 41.5 Å². The van der Waals surface area contributed by atoms with Crippen molar-refractivity contribution in [1.82, 2.24) is 9.80 Å². The maximum absolute atomic E-state index is 10.6. The van der Waals surface area contributed by atoms with Gasteiger partial charge in [-0.2, -0.15) is 0 Å². The van der Waals surface area contributed by atoms with Crippen molar-refractivity contribution in [2.45, 2.75) is 47.6 Å². The number of likely N-dealkylation sites (N-methyl/N-ethyl adjacent to an activating group) is 1. The van der Waals surface area contributed by atoms with Gasteiger partial charge < -0.3 is 24.8 Å². The molecule has 5 atom stereocenters. The van der Waals surface area contributed by atoms with E-state index in [0.717, 1.165) is 12.5 Å². The summed E-state index contributed by atoms with van der Waals surface area (Å²) in [7, 11) is 6.26. The second-order valence-electron chi connectivity index (χ2n) is 7.02. The van der Waals surface area contributed by atoms with Crippen LogP contribution in [0.4, 0.5) is 4.79 Å². The fourth-order valence-corrected chi connectivity index (χ4v) is 4.26. The Labute approximate surface area is 157 Å². The molecule has 0 radical (unpaired) electrons. The Bertz CT molecular complexity index is 395. The van der Waals surface area contributed by atoms with Crippen LogP contribution in [0.2, 0.25) is 0 Å². The van der Waals surface area contributed by atoms with Gasteiger partial charge in [0.2, 0.25) is 0 Å². The summed E-state index contributed by atoms with van der Waals surface area (Å²) in [5.74, 6) is 0.777. The van der Waals surface area contributed by atoms with E-state index in [2.05, 4.69) is 35.3 Å². The molecule has 2 heterocycles. The minimum Gasteiger partial charge on any atom is -0.443 e. The predicted molar refractivity (Wildman–Crippen MR) is 108 cm³/mol. The first-order valence-corrected chi connectivity index (χ1v) is 9.87. The molecule has 25 heavy (non-hydrogen) atoms. The maximum atomic E-state index is 10.6. The van der Waals surface area contributed by atoms with Crippen LogP contribution in [0.1, 0.15) is 41.5 Å². The summed E-state index contributed by atoms with van der Waals surface area (Å²) in [4.78, 5) is 14.5. The summed E-state index contributed by atoms with van der Waals surface area (Å²) in [6, 6.07) is 0. The average molecular weight is 378 g/mol. The molecule has 150 valence electrons. The van der Waals surface area contributed by atoms with E-state index in [-0.39, 0.29) is 12.2 Å².